The van der Waals surface area contributed by atoms with Gasteiger partial charge in [0, 0.05) is 43.9 Å². The Morgan fingerprint density at radius 1 is 1.15 bits per heavy atom. The van der Waals surface area contributed by atoms with Crippen molar-refractivity contribution in [1.82, 2.24) is 29.4 Å². The predicted octanol–water partition coefficient (Wildman–Crippen LogP) is 2.92. The van der Waals surface area contributed by atoms with Gasteiger partial charge in [-0.05, 0) is 38.1 Å². The number of thioether (sulfide) groups is 1. The van der Waals surface area contributed by atoms with Crippen molar-refractivity contribution in [3.63, 3.8) is 0 Å². The molecule has 0 aliphatic carbocycles. The summed E-state index contributed by atoms with van der Waals surface area (Å²) >= 11 is 1.33. The highest BCUT2D eigenvalue weighted by molar-refractivity contribution is 7.99. The van der Waals surface area contributed by atoms with Gasteiger partial charge < -0.3 is 14.6 Å². The van der Waals surface area contributed by atoms with Crippen molar-refractivity contribution >= 4 is 23.5 Å². The van der Waals surface area contributed by atoms with Crippen LogP contribution >= 0.6 is 11.8 Å². The molecular formula is C22H28FN7O2S. The van der Waals surface area contributed by atoms with Crippen LogP contribution in [-0.2, 0) is 16.1 Å². The average molecular weight is 474 g/mol. The van der Waals surface area contributed by atoms with Crippen LogP contribution in [0.4, 0.5) is 10.2 Å². The van der Waals surface area contributed by atoms with Gasteiger partial charge in [0.2, 0.25) is 5.91 Å². The zero-order chi connectivity index (χ0) is 23.2. The summed E-state index contributed by atoms with van der Waals surface area (Å²) in [5, 5.41) is 16.5. The Labute approximate surface area is 196 Å². The SMILES string of the molecule is CC(C)n1nccc1NC(=O)CSc1nnc(-c2ccc(F)cc2)n1CCN1CCOCC1. The summed E-state index contributed by atoms with van der Waals surface area (Å²) in [6.07, 6.45) is 1.67. The zero-order valence-corrected chi connectivity index (χ0v) is 19.6. The molecule has 4 rings (SSSR count). The summed E-state index contributed by atoms with van der Waals surface area (Å²) in [6.45, 7) is 8.68. The lowest BCUT2D eigenvalue weighted by molar-refractivity contribution is -0.113. The molecule has 0 spiro atoms. The van der Waals surface area contributed by atoms with Crippen LogP contribution in [0.25, 0.3) is 11.4 Å². The number of amides is 1. The quantitative estimate of drug-likeness (QED) is 0.478. The Morgan fingerprint density at radius 3 is 2.64 bits per heavy atom. The number of benzene rings is 1. The molecule has 0 atom stereocenters. The second kappa shape index (κ2) is 10.9. The summed E-state index contributed by atoms with van der Waals surface area (Å²) in [5.41, 5.74) is 0.781. The van der Waals surface area contributed by atoms with Crippen LogP contribution in [0.5, 0.6) is 0 Å². The van der Waals surface area contributed by atoms with E-state index in [1.54, 1.807) is 29.1 Å². The minimum atomic E-state index is -0.301. The Morgan fingerprint density at radius 2 is 1.91 bits per heavy atom. The fourth-order valence-electron chi connectivity index (χ4n) is 3.61. The molecule has 11 heteroatoms. The highest BCUT2D eigenvalue weighted by Crippen LogP contribution is 2.25. The third-order valence-electron chi connectivity index (χ3n) is 5.32. The molecule has 2 aromatic heterocycles. The smallest absolute Gasteiger partial charge is 0.235 e. The van der Waals surface area contributed by atoms with Crippen LogP contribution < -0.4 is 5.32 Å². The molecule has 9 nitrogen and oxygen atoms in total. The first-order valence-electron chi connectivity index (χ1n) is 11.0. The molecule has 0 radical (unpaired) electrons. The highest BCUT2D eigenvalue weighted by atomic mass is 32.2. The molecule has 1 fully saturated rings. The van der Waals surface area contributed by atoms with E-state index >= 15 is 0 Å². The second-order valence-corrected chi connectivity index (χ2v) is 8.95. The largest absolute Gasteiger partial charge is 0.379 e. The second-order valence-electron chi connectivity index (χ2n) is 8.01. The Balaban J connectivity index is 1.47. The lowest BCUT2D eigenvalue weighted by atomic mass is 10.2. The van der Waals surface area contributed by atoms with Gasteiger partial charge in [-0.1, -0.05) is 11.8 Å². The number of carbonyl (C=O) groups excluding carboxylic acids is 1. The number of carbonyl (C=O) groups is 1. The molecular weight excluding hydrogens is 445 g/mol. The van der Waals surface area contributed by atoms with Crippen LogP contribution in [0, 0.1) is 5.82 Å². The van der Waals surface area contributed by atoms with Crippen molar-refractivity contribution in [1.29, 1.82) is 0 Å². The van der Waals surface area contributed by atoms with Gasteiger partial charge in [0.05, 0.1) is 25.2 Å². The van der Waals surface area contributed by atoms with Crippen LogP contribution in [0.2, 0.25) is 0 Å². The summed E-state index contributed by atoms with van der Waals surface area (Å²) < 4.78 is 22.6. The van der Waals surface area contributed by atoms with E-state index < -0.39 is 0 Å². The summed E-state index contributed by atoms with van der Waals surface area (Å²) in [4.78, 5) is 14.9. The van der Waals surface area contributed by atoms with Crippen LogP contribution in [-0.4, -0.2) is 74.0 Å². The fraction of sp³-hybridized carbons (Fsp3) is 0.455. The average Bonchev–Trinajstić information content (AvgIpc) is 3.44. The maximum absolute atomic E-state index is 13.4. The van der Waals surface area contributed by atoms with Gasteiger partial charge in [0.15, 0.2) is 11.0 Å². The number of nitrogens with zero attached hydrogens (tertiary/aromatic N) is 6. The number of aromatic nitrogens is 5. The van der Waals surface area contributed by atoms with E-state index in [0.717, 1.165) is 38.4 Å². The van der Waals surface area contributed by atoms with Crippen molar-refractivity contribution in [3.8, 4) is 11.4 Å². The van der Waals surface area contributed by atoms with Crippen molar-refractivity contribution < 1.29 is 13.9 Å². The number of anilines is 1. The normalized spacial score (nSPS) is 14.7. The lowest BCUT2D eigenvalue weighted by Crippen LogP contribution is -2.38. The topological polar surface area (TPSA) is 90.1 Å². The maximum Gasteiger partial charge on any atom is 0.235 e. The number of morpholine rings is 1. The third-order valence-corrected chi connectivity index (χ3v) is 6.29. The molecule has 0 unspecified atom stereocenters. The molecule has 33 heavy (non-hydrogen) atoms. The van der Waals surface area contributed by atoms with E-state index in [4.69, 9.17) is 4.74 Å². The van der Waals surface area contributed by atoms with Crippen LogP contribution in [0.15, 0.2) is 41.7 Å². The van der Waals surface area contributed by atoms with E-state index in [1.165, 1.54) is 23.9 Å². The van der Waals surface area contributed by atoms with E-state index in [2.05, 4.69) is 25.5 Å². The number of hydrogen-bond donors (Lipinski definition) is 1. The van der Waals surface area contributed by atoms with E-state index in [9.17, 15) is 9.18 Å². The molecule has 1 amide bonds. The number of rotatable bonds is 9. The minimum absolute atomic E-state index is 0.143. The molecule has 1 aromatic carbocycles. The van der Waals surface area contributed by atoms with Crippen molar-refractivity contribution in [2.24, 2.45) is 0 Å². The summed E-state index contributed by atoms with van der Waals surface area (Å²) in [6, 6.07) is 8.13. The molecule has 3 aromatic rings. The summed E-state index contributed by atoms with van der Waals surface area (Å²) in [7, 11) is 0. The Hall–Kier alpha value is -2.76. The highest BCUT2D eigenvalue weighted by Gasteiger charge is 2.18. The third kappa shape index (κ3) is 5.98. The number of halogens is 1. The standard InChI is InChI=1S/C22H28FN7O2S/c1-16(2)30-19(7-8-24-30)25-20(31)15-33-22-27-26-21(17-3-5-18(23)6-4-17)29(22)10-9-28-11-13-32-14-12-28/h3-8,16H,9-15H2,1-2H3,(H,25,31). The van der Waals surface area contributed by atoms with Gasteiger partial charge >= 0.3 is 0 Å². The first-order chi connectivity index (χ1) is 16.0. The Bertz CT molecular complexity index is 1060. The lowest BCUT2D eigenvalue weighted by Gasteiger charge is -2.27. The van der Waals surface area contributed by atoms with Crippen LogP contribution in [0.1, 0.15) is 19.9 Å². The Kier molecular flexibility index (Phi) is 7.73. The van der Waals surface area contributed by atoms with Gasteiger partial charge in [-0.25, -0.2) is 9.07 Å². The van der Waals surface area contributed by atoms with Crippen molar-refractivity contribution in [2.45, 2.75) is 31.6 Å². The fourth-order valence-corrected chi connectivity index (χ4v) is 4.37. The molecule has 1 N–H and O–H groups in total. The van der Waals surface area contributed by atoms with Crippen LogP contribution in [0.3, 0.4) is 0 Å². The van der Waals surface area contributed by atoms with Gasteiger partial charge in [-0.3, -0.25) is 9.69 Å². The van der Waals surface area contributed by atoms with Gasteiger partial charge in [-0.2, -0.15) is 5.10 Å². The molecule has 1 aliphatic heterocycles. The predicted molar refractivity (Wildman–Crippen MR) is 125 cm³/mol. The van der Waals surface area contributed by atoms with Gasteiger partial charge in [-0.15, -0.1) is 10.2 Å². The van der Waals surface area contributed by atoms with E-state index in [1.807, 2.05) is 18.4 Å². The molecule has 0 bridgehead atoms. The first-order valence-corrected chi connectivity index (χ1v) is 11.9. The number of nitrogens with one attached hydrogen (secondary N) is 1. The summed E-state index contributed by atoms with van der Waals surface area (Å²) in [5.74, 6) is 1.06. The number of ether oxygens (including phenoxy) is 1. The van der Waals surface area contributed by atoms with Crippen molar-refractivity contribution in [2.75, 3.05) is 43.9 Å². The van der Waals surface area contributed by atoms with Gasteiger partial charge in [0.1, 0.15) is 11.6 Å². The molecule has 0 saturated carbocycles. The maximum atomic E-state index is 13.4. The molecule has 1 saturated heterocycles. The zero-order valence-electron chi connectivity index (χ0n) is 18.8. The monoisotopic (exact) mass is 473 g/mol. The molecule has 176 valence electrons. The number of hydrogen-bond acceptors (Lipinski definition) is 7. The van der Waals surface area contributed by atoms with E-state index in [0.29, 0.717) is 23.3 Å². The van der Waals surface area contributed by atoms with Gasteiger partial charge in [0.25, 0.3) is 0 Å². The van der Waals surface area contributed by atoms with Crippen molar-refractivity contribution in [3.05, 3.63) is 42.3 Å². The van der Waals surface area contributed by atoms with E-state index in [-0.39, 0.29) is 23.5 Å². The molecule has 3 heterocycles. The minimum Gasteiger partial charge on any atom is -0.379 e. The molecule has 1 aliphatic rings. The first kappa shape index (κ1) is 23.4.